The highest BCUT2D eigenvalue weighted by atomic mass is 16.8. The summed E-state index contributed by atoms with van der Waals surface area (Å²) in [6, 6.07) is 0. The van der Waals surface area contributed by atoms with E-state index in [1.807, 2.05) is 0 Å². The normalized spacial score (nSPS) is 44.9. The zero-order valence-electron chi connectivity index (χ0n) is 23.8. The average molecular weight is 629 g/mol. The first-order valence-corrected chi connectivity index (χ1v) is 14.0. The van der Waals surface area contributed by atoms with Crippen molar-refractivity contribution in [1.82, 2.24) is 0 Å². The minimum atomic E-state index is -1.92. The Balaban J connectivity index is 1.62. The highest BCUT2D eigenvalue weighted by Crippen LogP contribution is 2.32. The highest BCUT2D eigenvalue weighted by molar-refractivity contribution is 5.77. The first-order chi connectivity index (χ1) is 20.4. The second-order valence-electron chi connectivity index (χ2n) is 10.9. The van der Waals surface area contributed by atoms with Gasteiger partial charge in [0.1, 0.15) is 79.0 Å². The van der Waals surface area contributed by atoms with E-state index < -0.39 is 112 Å². The molecule has 0 bridgehead atoms. The number of Topliss-reactive ketones (excluding diaryl/α,β-unsaturated/α-hetero) is 1. The van der Waals surface area contributed by atoms with Gasteiger partial charge in [-0.25, -0.2) is 0 Å². The van der Waals surface area contributed by atoms with Crippen LogP contribution in [0.2, 0.25) is 0 Å². The lowest BCUT2D eigenvalue weighted by Crippen LogP contribution is -2.66. The van der Waals surface area contributed by atoms with E-state index in [9.17, 15) is 55.9 Å². The van der Waals surface area contributed by atoms with E-state index >= 15 is 0 Å². The predicted molar refractivity (Wildman–Crippen MR) is 139 cm³/mol. The van der Waals surface area contributed by atoms with Gasteiger partial charge in [-0.3, -0.25) is 4.79 Å². The largest absolute Gasteiger partial charge is 0.394 e. The van der Waals surface area contributed by atoms with Crippen LogP contribution in [0.25, 0.3) is 0 Å². The Labute approximate surface area is 247 Å². The van der Waals surface area contributed by atoms with E-state index in [1.54, 1.807) is 19.1 Å². The van der Waals surface area contributed by atoms with Crippen LogP contribution in [0.15, 0.2) is 12.2 Å². The quantitative estimate of drug-likeness (QED) is 0.0852. The molecule has 10 N–H and O–H groups in total. The van der Waals surface area contributed by atoms with Crippen LogP contribution in [0.3, 0.4) is 0 Å². The van der Waals surface area contributed by atoms with Crippen LogP contribution in [0, 0.1) is 5.92 Å². The monoisotopic (exact) mass is 628 g/mol. The Kier molecular flexibility index (Phi) is 13.8. The predicted octanol–water partition coefficient (Wildman–Crippen LogP) is -5.38. The Bertz CT molecular complexity index is 886. The molecule has 17 nitrogen and oxygen atoms in total. The summed E-state index contributed by atoms with van der Waals surface area (Å²) in [7, 11) is 0. The van der Waals surface area contributed by atoms with Crippen LogP contribution in [-0.2, 0) is 33.2 Å². The van der Waals surface area contributed by atoms with Gasteiger partial charge in [-0.05, 0) is 13.3 Å². The fourth-order valence-electron chi connectivity index (χ4n) is 4.87. The van der Waals surface area contributed by atoms with Crippen molar-refractivity contribution in [2.45, 2.75) is 112 Å². The molecule has 0 aliphatic carbocycles. The highest BCUT2D eigenvalue weighted by Gasteiger charge is 2.53. The number of carbonyl (C=O) groups excluding carboxylic acids is 1. The molecule has 3 aliphatic rings. The smallest absolute Gasteiger partial charge is 0.187 e. The van der Waals surface area contributed by atoms with Crippen LogP contribution >= 0.6 is 0 Å². The molecule has 6 unspecified atom stereocenters. The van der Waals surface area contributed by atoms with Crippen molar-refractivity contribution in [3.05, 3.63) is 12.2 Å². The van der Waals surface area contributed by atoms with Crippen LogP contribution in [0.1, 0.15) is 20.3 Å². The molecular weight excluding hydrogens is 584 g/mol. The summed E-state index contributed by atoms with van der Waals surface area (Å²) in [5, 5.41) is 102. The zero-order valence-corrected chi connectivity index (χ0v) is 23.8. The molecular formula is C26H44O17. The van der Waals surface area contributed by atoms with Gasteiger partial charge in [-0.15, -0.1) is 0 Å². The fourth-order valence-corrected chi connectivity index (χ4v) is 4.87. The van der Waals surface area contributed by atoms with E-state index in [0.29, 0.717) is 6.42 Å². The minimum Gasteiger partial charge on any atom is -0.394 e. The number of ether oxygens (including phenoxy) is 6. The summed E-state index contributed by atoms with van der Waals surface area (Å²) in [5.74, 6) is -0.152. The molecule has 0 amide bonds. The van der Waals surface area contributed by atoms with Crippen molar-refractivity contribution in [3.63, 3.8) is 0 Å². The molecule has 0 saturated carbocycles. The third kappa shape index (κ3) is 8.53. The summed E-state index contributed by atoms with van der Waals surface area (Å²) < 4.78 is 32.9. The maximum Gasteiger partial charge on any atom is 0.187 e. The first kappa shape index (κ1) is 36.2. The molecule has 0 radical (unpaired) electrons. The molecule has 0 aromatic heterocycles. The van der Waals surface area contributed by atoms with Gasteiger partial charge in [0.2, 0.25) is 0 Å². The minimum absolute atomic E-state index is 0.0262. The Morgan fingerprint density at radius 3 is 1.58 bits per heavy atom. The Morgan fingerprint density at radius 1 is 0.651 bits per heavy atom. The van der Waals surface area contributed by atoms with Crippen molar-refractivity contribution in [2.75, 3.05) is 26.4 Å². The second kappa shape index (κ2) is 16.4. The van der Waals surface area contributed by atoms with Gasteiger partial charge >= 0.3 is 0 Å². The van der Waals surface area contributed by atoms with Crippen LogP contribution in [0.4, 0.5) is 0 Å². The van der Waals surface area contributed by atoms with E-state index in [2.05, 4.69) is 0 Å². The summed E-state index contributed by atoms with van der Waals surface area (Å²) in [6.07, 6.45) is -20.8. The lowest BCUT2D eigenvalue weighted by molar-refractivity contribution is -0.379. The van der Waals surface area contributed by atoms with Gasteiger partial charge in [0.25, 0.3) is 0 Å². The topological polar surface area (TPSA) is 275 Å². The number of carbonyl (C=O) groups is 1. The molecule has 16 atom stereocenters. The van der Waals surface area contributed by atoms with E-state index in [1.165, 1.54) is 6.92 Å². The van der Waals surface area contributed by atoms with E-state index in [4.69, 9.17) is 28.4 Å². The Hall–Kier alpha value is -1.23. The number of aliphatic hydroxyl groups excluding tert-OH is 10. The molecule has 43 heavy (non-hydrogen) atoms. The van der Waals surface area contributed by atoms with Crippen molar-refractivity contribution in [2.24, 2.45) is 5.92 Å². The zero-order chi connectivity index (χ0) is 32.0. The number of ketones is 1. The number of hydrogen-bond donors (Lipinski definition) is 10. The molecule has 0 spiro atoms. The van der Waals surface area contributed by atoms with Crippen LogP contribution in [-0.4, -0.2) is 175 Å². The third-order valence-corrected chi connectivity index (χ3v) is 7.78. The summed E-state index contributed by atoms with van der Waals surface area (Å²) in [5.41, 5.74) is 0. The maximum absolute atomic E-state index is 11.3. The van der Waals surface area contributed by atoms with Crippen LogP contribution in [0.5, 0.6) is 0 Å². The SMILES string of the molecule is CC(=O)[C@@H](C)CC=CCO[C@@H]1OC(CO)[C@@H](O[C@@H]2OC(CO)[C@H](O[C@H]3OC(CO)[C@@H](O)[C@H](O)C3O)[C@H](O)C2O)[C@H](O)C1O. The lowest BCUT2D eigenvalue weighted by atomic mass is 9.96. The fraction of sp³-hybridized carbons (Fsp3) is 0.885. The molecule has 0 aromatic carbocycles. The van der Waals surface area contributed by atoms with Crippen molar-refractivity contribution >= 4 is 5.78 Å². The molecule has 17 heteroatoms. The lowest BCUT2D eigenvalue weighted by Gasteiger charge is -2.48. The van der Waals surface area contributed by atoms with Crippen molar-refractivity contribution < 1.29 is 84.3 Å². The number of aliphatic hydroxyl groups is 10. The number of rotatable bonds is 13. The van der Waals surface area contributed by atoms with Gasteiger partial charge in [-0.1, -0.05) is 19.1 Å². The number of hydrogen-bond acceptors (Lipinski definition) is 17. The summed E-state index contributed by atoms with van der Waals surface area (Å²) in [6.45, 7) is 0.908. The second-order valence-corrected chi connectivity index (χ2v) is 10.9. The van der Waals surface area contributed by atoms with Crippen molar-refractivity contribution in [3.8, 4) is 0 Å². The molecule has 3 rings (SSSR count). The molecule has 0 aromatic rings. The van der Waals surface area contributed by atoms with Gasteiger partial charge in [0.05, 0.1) is 26.4 Å². The van der Waals surface area contributed by atoms with Gasteiger partial charge in [-0.2, -0.15) is 0 Å². The third-order valence-electron chi connectivity index (χ3n) is 7.78. The summed E-state index contributed by atoms with van der Waals surface area (Å²) in [4.78, 5) is 11.3. The molecule has 3 saturated heterocycles. The first-order valence-electron chi connectivity index (χ1n) is 14.0. The maximum atomic E-state index is 11.3. The Morgan fingerprint density at radius 2 is 1.09 bits per heavy atom. The van der Waals surface area contributed by atoms with E-state index in [0.717, 1.165) is 0 Å². The number of allylic oxidation sites excluding steroid dienone is 1. The molecule has 3 heterocycles. The summed E-state index contributed by atoms with van der Waals surface area (Å²) >= 11 is 0. The van der Waals surface area contributed by atoms with Crippen molar-refractivity contribution in [1.29, 1.82) is 0 Å². The van der Waals surface area contributed by atoms with Gasteiger partial charge < -0.3 is 79.5 Å². The standard InChI is InChI=1S/C26H44O17/c1-10(11(2)30)5-3-4-6-38-24-20(36)17(33)22(13(8-28)40-24)43-26-21(37)18(34)23(14(9-29)41-26)42-25-19(35)16(32)15(31)12(7-27)39-25/h3-4,10,12-29,31-37H,5-9H2,1-2H3/t10-,12?,13?,14?,15+,16-,17+,18+,19?,20?,21?,22+,23-,24+,25+,26-/m0/s1. The average Bonchev–Trinajstić information content (AvgIpc) is 2.99. The molecule has 3 fully saturated rings. The van der Waals surface area contributed by atoms with Crippen LogP contribution < -0.4 is 0 Å². The molecule has 3 aliphatic heterocycles. The van der Waals surface area contributed by atoms with E-state index in [-0.39, 0.29) is 18.3 Å². The molecule has 250 valence electrons. The van der Waals surface area contributed by atoms with Gasteiger partial charge in [0, 0.05) is 5.92 Å². The van der Waals surface area contributed by atoms with Gasteiger partial charge in [0.15, 0.2) is 18.9 Å².